The van der Waals surface area contributed by atoms with Crippen molar-refractivity contribution in [3.63, 3.8) is 0 Å². The summed E-state index contributed by atoms with van der Waals surface area (Å²) in [4.78, 5) is 1.06. The minimum Gasteiger partial charge on any atom is -0.391 e. The third-order valence-corrected chi connectivity index (χ3v) is 3.32. The smallest absolute Gasteiger partial charge is 0.0862 e. The Morgan fingerprint density at radius 2 is 1.86 bits per heavy atom. The van der Waals surface area contributed by atoms with Crippen molar-refractivity contribution in [1.82, 2.24) is 0 Å². The molecule has 1 aromatic heterocycles. The lowest BCUT2D eigenvalue weighted by atomic mass is 10.2. The fraction of sp³-hybridized carbons (Fsp3) is 0. The predicted molar refractivity (Wildman–Crippen MR) is 64.2 cm³/mol. The van der Waals surface area contributed by atoms with Gasteiger partial charge in [0.15, 0.2) is 0 Å². The van der Waals surface area contributed by atoms with E-state index in [9.17, 15) is 0 Å². The monoisotopic (exact) mass is 243 g/mol. The van der Waals surface area contributed by atoms with Crippen molar-refractivity contribution in [2.24, 2.45) is 0 Å². The Hall–Kier alpha value is -0.700. The van der Waals surface area contributed by atoms with Crippen molar-refractivity contribution in [2.45, 2.75) is 0 Å². The molecule has 14 heavy (non-hydrogen) atoms. The van der Waals surface area contributed by atoms with Gasteiger partial charge in [-0.1, -0.05) is 29.3 Å². The lowest BCUT2D eigenvalue weighted by Crippen LogP contribution is -1.75. The molecule has 0 amide bonds. The molecule has 0 radical (unpaired) electrons. The summed E-state index contributed by atoms with van der Waals surface area (Å²) >= 11 is 13.4. The second kappa shape index (κ2) is 3.81. The summed E-state index contributed by atoms with van der Waals surface area (Å²) in [6, 6.07) is 9.27. The number of benzene rings is 1. The first-order chi connectivity index (χ1) is 6.66. The van der Waals surface area contributed by atoms with E-state index in [4.69, 9.17) is 28.9 Å². The quantitative estimate of drug-likeness (QED) is 0.794. The van der Waals surface area contributed by atoms with Crippen LogP contribution in [0.4, 0.5) is 5.00 Å². The predicted octanol–water partition coefficient (Wildman–Crippen LogP) is 4.30. The van der Waals surface area contributed by atoms with Gasteiger partial charge < -0.3 is 5.73 Å². The van der Waals surface area contributed by atoms with Crippen molar-refractivity contribution in [2.75, 3.05) is 5.73 Å². The van der Waals surface area contributed by atoms with E-state index in [2.05, 4.69) is 0 Å². The Bertz CT molecular complexity index is 465. The molecule has 1 heterocycles. The Balaban J connectivity index is 2.52. The molecule has 2 N–H and O–H groups in total. The highest BCUT2D eigenvalue weighted by Gasteiger charge is 2.05. The van der Waals surface area contributed by atoms with Crippen molar-refractivity contribution in [1.29, 1.82) is 0 Å². The van der Waals surface area contributed by atoms with E-state index in [1.54, 1.807) is 6.07 Å². The second-order valence-corrected chi connectivity index (χ2v) is 4.79. The molecule has 2 aromatic rings. The molecule has 2 rings (SSSR count). The molecule has 1 aromatic carbocycles. The number of hydrogen-bond donors (Lipinski definition) is 1. The van der Waals surface area contributed by atoms with Crippen LogP contribution in [0.3, 0.4) is 0 Å². The third kappa shape index (κ3) is 1.87. The van der Waals surface area contributed by atoms with Crippen LogP contribution in [0.25, 0.3) is 10.4 Å². The molecule has 0 aliphatic heterocycles. The van der Waals surface area contributed by atoms with Crippen LogP contribution < -0.4 is 5.73 Å². The lowest BCUT2D eigenvalue weighted by molar-refractivity contribution is 1.69. The molecule has 0 saturated carbocycles. The van der Waals surface area contributed by atoms with Gasteiger partial charge in [-0.15, -0.1) is 11.3 Å². The van der Waals surface area contributed by atoms with Gasteiger partial charge in [-0.2, -0.15) is 0 Å². The molecule has 0 atom stereocenters. The van der Waals surface area contributed by atoms with Crippen LogP contribution in [-0.2, 0) is 0 Å². The van der Waals surface area contributed by atoms with Gasteiger partial charge in [-0.25, -0.2) is 0 Å². The maximum atomic E-state index is 6.05. The zero-order chi connectivity index (χ0) is 10.1. The summed E-state index contributed by atoms with van der Waals surface area (Å²) < 4.78 is 0. The van der Waals surface area contributed by atoms with Gasteiger partial charge >= 0.3 is 0 Å². The zero-order valence-corrected chi connectivity index (χ0v) is 9.46. The number of nitrogen functional groups attached to an aromatic ring is 1. The highest BCUT2D eigenvalue weighted by molar-refractivity contribution is 7.19. The number of nitrogens with two attached hydrogens (primary N) is 1. The standard InChI is InChI=1S/C10H7Cl2NS/c11-6-1-2-7(8(12)5-6)9-3-4-10(13)14-9/h1-5H,13H2. The van der Waals surface area contributed by atoms with Gasteiger partial charge in [0.2, 0.25) is 0 Å². The van der Waals surface area contributed by atoms with Crippen molar-refractivity contribution < 1.29 is 0 Å². The van der Waals surface area contributed by atoms with E-state index in [-0.39, 0.29) is 0 Å². The minimum atomic E-state index is 0.642. The van der Waals surface area contributed by atoms with Crippen molar-refractivity contribution in [3.8, 4) is 10.4 Å². The summed E-state index contributed by atoms with van der Waals surface area (Å²) in [5.74, 6) is 0. The Morgan fingerprint density at radius 1 is 1.07 bits per heavy atom. The highest BCUT2D eigenvalue weighted by Crippen LogP contribution is 2.35. The molecule has 0 aliphatic rings. The van der Waals surface area contributed by atoms with E-state index < -0.39 is 0 Å². The fourth-order valence-electron chi connectivity index (χ4n) is 1.19. The molecule has 1 nitrogen and oxygen atoms in total. The first-order valence-corrected chi connectivity index (χ1v) is 5.55. The van der Waals surface area contributed by atoms with E-state index in [0.29, 0.717) is 10.0 Å². The second-order valence-electron chi connectivity index (χ2n) is 2.83. The molecule has 72 valence electrons. The summed E-state index contributed by atoms with van der Waals surface area (Å²) in [6.45, 7) is 0. The summed E-state index contributed by atoms with van der Waals surface area (Å²) in [5, 5.41) is 2.08. The number of rotatable bonds is 1. The van der Waals surface area contributed by atoms with Crippen LogP contribution in [0.5, 0.6) is 0 Å². The van der Waals surface area contributed by atoms with Crippen LogP contribution >= 0.6 is 34.5 Å². The van der Waals surface area contributed by atoms with Crippen LogP contribution in [0, 0.1) is 0 Å². The molecule has 0 spiro atoms. The van der Waals surface area contributed by atoms with E-state index >= 15 is 0 Å². The normalized spacial score (nSPS) is 10.4. The number of hydrogen-bond acceptors (Lipinski definition) is 2. The van der Waals surface area contributed by atoms with E-state index in [1.807, 2.05) is 24.3 Å². The molecular weight excluding hydrogens is 237 g/mol. The maximum Gasteiger partial charge on any atom is 0.0862 e. The summed E-state index contributed by atoms with van der Waals surface area (Å²) in [7, 11) is 0. The first kappa shape index (κ1) is 9.84. The SMILES string of the molecule is Nc1ccc(-c2ccc(Cl)cc2Cl)s1. The molecule has 0 saturated heterocycles. The van der Waals surface area contributed by atoms with E-state index in [0.717, 1.165) is 15.4 Å². The highest BCUT2D eigenvalue weighted by atomic mass is 35.5. The number of thiophene rings is 1. The Kier molecular flexibility index (Phi) is 2.68. The zero-order valence-electron chi connectivity index (χ0n) is 7.13. The van der Waals surface area contributed by atoms with Crippen molar-refractivity contribution >= 4 is 39.5 Å². The minimum absolute atomic E-state index is 0.642. The van der Waals surface area contributed by atoms with Gasteiger partial charge in [0.25, 0.3) is 0 Å². The van der Waals surface area contributed by atoms with Gasteiger partial charge in [-0.3, -0.25) is 0 Å². The first-order valence-electron chi connectivity index (χ1n) is 3.97. The van der Waals surface area contributed by atoms with Crippen LogP contribution in [0.15, 0.2) is 30.3 Å². The maximum absolute atomic E-state index is 6.05. The molecule has 0 fully saturated rings. The fourth-order valence-corrected chi connectivity index (χ4v) is 2.57. The average Bonchev–Trinajstić information content (AvgIpc) is 2.51. The van der Waals surface area contributed by atoms with Gasteiger partial charge in [0.05, 0.1) is 10.0 Å². The Morgan fingerprint density at radius 3 is 2.43 bits per heavy atom. The van der Waals surface area contributed by atoms with E-state index in [1.165, 1.54) is 11.3 Å². The number of halogens is 2. The van der Waals surface area contributed by atoms with Crippen LogP contribution in [0.2, 0.25) is 10.0 Å². The topological polar surface area (TPSA) is 26.0 Å². The largest absolute Gasteiger partial charge is 0.391 e. The lowest BCUT2D eigenvalue weighted by Gasteiger charge is -2.00. The van der Waals surface area contributed by atoms with Crippen LogP contribution in [0.1, 0.15) is 0 Å². The van der Waals surface area contributed by atoms with Gasteiger partial charge in [0.1, 0.15) is 0 Å². The molecule has 0 aliphatic carbocycles. The summed E-state index contributed by atoms with van der Waals surface area (Å²) in [6.07, 6.45) is 0. The molecular formula is C10H7Cl2NS. The molecule has 0 bridgehead atoms. The van der Waals surface area contributed by atoms with Crippen molar-refractivity contribution in [3.05, 3.63) is 40.4 Å². The third-order valence-electron chi connectivity index (χ3n) is 1.82. The van der Waals surface area contributed by atoms with Crippen LogP contribution in [-0.4, -0.2) is 0 Å². The van der Waals surface area contributed by atoms with Gasteiger partial charge in [-0.05, 0) is 24.3 Å². The summed E-state index contributed by atoms with van der Waals surface area (Å²) in [5.41, 5.74) is 6.62. The molecule has 4 heteroatoms. The van der Waals surface area contributed by atoms with Gasteiger partial charge in [0, 0.05) is 15.5 Å². The molecule has 0 unspecified atom stereocenters. The average molecular weight is 244 g/mol. The number of anilines is 1. The Labute approximate surface area is 96.1 Å².